The predicted octanol–water partition coefficient (Wildman–Crippen LogP) is 3.74. The maximum atomic E-state index is 13.2. The first-order valence-corrected chi connectivity index (χ1v) is 12.4. The van der Waals surface area contributed by atoms with E-state index in [2.05, 4.69) is 9.71 Å². The number of benzene rings is 2. The number of hydrogen-bond acceptors (Lipinski definition) is 5. The second-order valence-corrected chi connectivity index (χ2v) is 9.97. The Morgan fingerprint density at radius 3 is 2.61 bits per heavy atom. The Hall–Kier alpha value is -3.33. The summed E-state index contributed by atoms with van der Waals surface area (Å²) in [5.74, 6) is 0.156. The van der Waals surface area contributed by atoms with Gasteiger partial charge in [-0.2, -0.15) is 0 Å². The molecule has 1 amide bonds. The number of anilines is 1. The number of fused-ring (bicyclic) bond motifs is 1. The topological polar surface area (TPSA) is 109 Å². The summed E-state index contributed by atoms with van der Waals surface area (Å²) < 4.78 is 33.5. The molecule has 1 aromatic heterocycles. The van der Waals surface area contributed by atoms with Crippen LogP contribution in [0.1, 0.15) is 42.5 Å². The normalized spacial score (nSPS) is 14.7. The van der Waals surface area contributed by atoms with Gasteiger partial charge in [-0.1, -0.05) is 25.3 Å². The molecule has 0 atom stereocenters. The Bertz CT molecular complexity index is 1340. The number of sulfonamides is 1. The molecule has 1 aliphatic rings. The van der Waals surface area contributed by atoms with Gasteiger partial charge in [0.25, 0.3) is 15.9 Å². The molecular formula is C24H27N3O5S. The number of nitrogens with one attached hydrogen (secondary N) is 2. The van der Waals surface area contributed by atoms with Gasteiger partial charge in [-0.25, -0.2) is 8.42 Å². The molecule has 1 fully saturated rings. The van der Waals surface area contributed by atoms with Gasteiger partial charge in [0.2, 0.25) is 5.43 Å². The molecular weight excluding hydrogens is 442 g/mol. The van der Waals surface area contributed by atoms with Crippen molar-refractivity contribution in [3.8, 4) is 5.75 Å². The monoisotopic (exact) mass is 469 g/mol. The average molecular weight is 470 g/mol. The molecule has 9 heteroatoms. The molecule has 0 bridgehead atoms. The van der Waals surface area contributed by atoms with E-state index in [0.717, 1.165) is 32.1 Å². The van der Waals surface area contributed by atoms with E-state index in [-0.39, 0.29) is 27.8 Å². The molecule has 1 aliphatic carbocycles. The van der Waals surface area contributed by atoms with Crippen LogP contribution in [0.3, 0.4) is 0 Å². The Kier molecular flexibility index (Phi) is 6.42. The molecule has 2 N–H and O–H groups in total. The van der Waals surface area contributed by atoms with Crippen molar-refractivity contribution >= 4 is 32.5 Å². The Morgan fingerprint density at radius 2 is 1.88 bits per heavy atom. The van der Waals surface area contributed by atoms with Crippen LogP contribution in [0.25, 0.3) is 10.9 Å². The minimum Gasteiger partial charge on any atom is -0.497 e. The van der Waals surface area contributed by atoms with Gasteiger partial charge in [-0.05, 0) is 43.2 Å². The van der Waals surface area contributed by atoms with Crippen LogP contribution >= 0.6 is 0 Å². The van der Waals surface area contributed by atoms with Crippen molar-refractivity contribution in [3.63, 3.8) is 0 Å². The molecule has 1 saturated carbocycles. The van der Waals surface area contributed by atoms with E-state index in [1.165, 1.54) is 31.5 Å². The van der Waals surface area contributed by atoms with E-state index in [4.69, 9.17) is 4.74 Å². The number of pyridine rings is 1. The smallest absolute Gasteiger partial charge is 0.261 e. The van der Waals surface area contributed by atoms with E-state index in [0.29, 0.717) is 17.0 Å². The Balaban J connectivity index is 1.67. The van der Waals surface area contributed by atoms with Gasteiger partial charge in [-0.15, -0.1) is 0 Å². The zero-order valence-electron chi connectivity index (χ0n) is 18.6. The molecule has 0 aliphatic heterocycles. The van der Waals surface area contributed by atoms with Crippen molar-refractivity contribution in [2.45, 2.75) is 43.0 Å². The average Bonchev–Trinajstić information content (AvgIpc) is 2.83. The number of amides is 1. The van der Waals surface area contributed by atoms with E-state index < -0.39 is 15.5 Å². The molecule has 0 spiro atoms. The highest BCUT2D eigenvalue weighted by atomic mass is 32.2. The number of hydrogen-bond donors (Lipinski definition) is 2. The number of carbonyl (C=O) groups excluding carboxylic acids is 1. The van der Waals surface area contributed by atoms with Crippen molar-refractivity contribution in [1.82, 2.24) is 9.88 Å². The molecule has 2 aromatic carbocycles. The van der Waals surface area contributed by atoms with Crippen LogP contribution in [0.15, 0.2) is 58.4 Å². The van der Waals surface area contributed by atoms with Gasteiger partial charge in [0.05, 0.1) is 17.7 Å². The number of aromatic nitrogens is 1. The molecule has 0 saturated heterocycles. The molecule has 0 unspecified atom stereocenters. The van der Waals surface area contributed by atoms with Crippen molar-refractivity contribution in [3.05, 3.63) is 64.4 Å². The summed E-state index contributed by atoms with van der Waals surface area (Å²) in [4.78, 5) is 30.8. The fraction of sp³-hybridized carbons (Fsp3) is 0.333. The Morgan fingerprint density at radius 1 is 1.12 bits per heavy atom. The number of H-pyrrole nitrogens is 1. The summed E-state index contributed by atoms with van der Waals surface area (Å²) >= 11 is 0. The van der Waals surface area contributed by atoms with Crippen LogP contribution in [-0.2, 0) is 10.0 Å². The minimum atomic E-state index is -3.97. The second-order valence-electron chi connectivity index (χ2n) is 8.28. The molecule has 33 heavy (non-hydrogen) atoms. The summed E-state index contributed by atoms with van der Waals surface area (Å²) in [5.41, 5.74) is 0.305. The van der Waals surface area contributed by atoms with E-state index in [1.54, 1.807) is 36.2 Å². The summed E-state index contributed by atoms with van der Waals surface area (Å²) in [6, 6.07) is 10.9. The quantitative estimate of drug-likeness (QED) is 0.572. The third-order valence-corrected chi connectivity index (χ3v) is 7.54. The van der Waals surface area contributed by atoms with Gasteiger partial charge in [-0.3, -0.25) is 14.3 Å². The van der Waals surface area contributed by atoms with Crippen LogP contribution in [0, 0.1) is 0 Å². The fourth-order valence-corrected chi connectivity index (χ4v) is 5.32. The standard InChI is InChI=1S/C24H27N3O5S/c1-27(17-8-4-3-5-9-17)24(29)21-15-25-22-12-11-19(14-20(22)23(21)28)33(30,31)26-16-7-6-10-18(13-16)32-2/h6-7,10-15,17,26H,3-5,8-9H2,1-2H3,(H,25,28). The minimum absolute atomic E-state index is 0.00544. The lowest BCUT2D eigenvalue weighted by atomic mass is 9.94. The van der Waals surface area contributed by atoms with Gasteiger partial charge >= 0.3 is 0 Å². The largest absolute Gasteiger partial charge is 0.497 e. The maximum Gasteiger partial charge on any atom is 0.261 e. The van der Waals surface area contributed by atoms with Crippen molar-refractivity contribution in [2.24, 2.45) is 0 Å². The number of rotatable bonds is 6. The van der Waals surface area contributed by atoms with Crippen LogP contribution < -0.4 is 14.9 Å². The Labute approximate surface area is 192 Å². The van der Waals surface area contributed by atoms with Crippen LogP contribution in [0.5, 0.6) is 5.75 Å². The summed E-state index contributed by atoms with van der Waals surface area (Å²) in [6.07, 6.45) is 6.55. The number of carbonyl (C=O) groups is 1. The lowest BCUT2D eigenvalue weighted by molar-refractivity contribution is 0.0695. The second kappa shape index (κ2) is 9.27. The highest BCUT2D eigenvalue weighted by Gasteiger charge is 2.25. The summed E-state index contributed by atoms with van der Waals surface area (Å²) in [5, 5.41) is 0.145. The highest BCUT2D eigenvalue weighted by Crippen LogP contribution is 2.24. The highest BCUT2D eigenvalue weighted by molar-refractivity contribution is 7.92. The summed E-state index contributed by atoms with van der Waals surface area (Å²) in [6.45, 7) is 0. The molecule has 0 radical (unpaired) electrons. The molecule has 4 rings (SSSR count). The van der Waals surface area contributed by atoms with Gasteiger partial charge < -0.3 is 14.6 Å². The molecule has 1 heterocycles. The van der Waals surface area contributed by atoms with E-state index >= 15 is 0 Å². The van der Waals surface area contributed by atoms with Crippen LogP contribution in [0.4, 0.5) is 5.69 Å². The first kappa shape index (κ1) is 22.8. The molecule has 3 aromatic rings. The number of methoxy groups -OCH3 is 1. The van der Waals surface area contributed by atoms with Gasteiger partial charge in [0.15, 0.2) is 0 Å². The van der Waals surface area contributed by atoms with Crippen molar-refractivity contribution in [2.75, 3.05) is 18.9 Å². The van der Waals surface area contributed by atoms with Crippen LogP contribution in [-0.4, -0.2) is 44.4 Å². The third kappa shape index (κ3) is 4.73. The predicted molar refractivity (Wildman–Crippen MR) is 127 cm³/mol. The number of nitrogens with zero attached hydrogens (tertiary/aromatic N) is 1. The zero-order chi connectivity index (χ0) is 23.6. The van der Waals surface area contributed by atoms with E-state index in [9.17, 15) is 18.0 Å². The fourth-order valence-electron chi connectivity index (χ4n) is 4.25. The number of ether oxygens (including phenoxy) is 1. The molecule has 174 valence electrons. The van der Waals surface area contributed by atoms with E-state index in [1.807, 2.05) is 0 Å². The van der Waals surface area contributed by atoms with Gasteiger partial charge in [0, 0.05) is 36.3 Å². The number of aromatic amines is 1. The van der Waals surface area contributed by atoms with Crippen LogP contribution in [0.2, 0.25) is 0 Å². The van der Waals surface area contributed by atoms with Crippen molar-refractivity contribution in [1.29, 1.82) is 0 Å². The first-order chi connectivity index (χ1) is 15.8. The van der Waals surface area contributed by atoms with Crippen molar-refractivity contribution < 1.29 is 17.9 Å². The SMILES string of the molecule is COc1cccc(NS(=O)(=O)c2ccc3[nH]cc(C(=O)N(C)C4CCCCC4)c(=O)c3c2)c1. The zero-order valence-corrected chi connectivity index (χ0v) is 19.4. The lowest BCUT2D eigenvalue weighted by Crippen LogP contribution is -2.40. The summed E-state index contributed by atoms with van der Waals surface area (Å²) in [7, 11) is -0.750. The van der Waals surface area contributed by atoms with Gasteiger partial charge in [0.1, 0.15) is 11.3 Å². The first-order valence-electron chi connectivity index (χ1n) is 10.9. The lowest BCUT2D eigenvalue weighted by Gasteiger charge is -2.31. The molecule has 8 nitrogen and oxygen atoms in total. The third-order valence-electron chi connectivity index (χ3n) is 6.16. The maximum absolute atomic E-state index is 13.2.